The minimum Gasteiger partial charge on any atom is -0.744 e. The van der Waals surface area contributed by atoms with Gasteiger partial charge < -0.3 is 4.55 Å². The van der Waals surface area contributed by atoms with Crippen LogP contribution in [0.5, 0.6) is 0 Å². The predicted molar refractivity (Wildman–Crippen MR) is 77.7 cm³/mol. The number of hydrogen-bond donors (Lipinski definition) is 0. The predicted octanol–water partition coefficient (Wildman–Crippen LogP) is 0.132. The van der Waals surface area contributed by atoms with Crippen molar-refractivity contribution in [3.05, 3.63) is 35.9 Å². The smallest absolute Gasteiger partial charge is 0.744 e. The Bertz CT molecular complexity index is 870. The van der Waals surface area contributed by atoms with Crippen LogP contribution in [-0.4, -0.2) is 18.7 Å². The molecule has 3 rings (SSSR count). The number of fused-ring (bicyclic) bond motifs is 3. The van der Waals surface area contributed by atoms with Crippen molar-refractivity contribution in [1.29, 1.82) is 0 Å². The molecule has 0 N–H and O–H groups in total. The van der Waals surface area contributed by atoms with Gasteiger partial charge >= 0.3 is 51.4 Å². The van der Waals surface area contributed by atoms with Gasteiger partial charge in [0, 0.05) is 11.1 Å². The van der Waals surface area contributed by atoms with Crippen molar-refractivity contribution in [3.8, 4) is 0 Å². The Labute approximate surface area is 166 Å². The molecule has 0 unspecified atom stereocenters. The summed E-state index contributed by atoms with van der Waals surface area (Å²) in [7, 11) is -4.43. The average molecular weight is 327 g/mol. The molecule has 0 aromatic heterocycles. The van der Waals surface area contributed by atoms with Crippen LogP contribution in [0.15, 0.2) is 40.2 Å². The van der Waals surface area contributed by atoms with E-state index in [1.807, 2.05) is 13.0 Å². The Kier molecular flexibility index (Phi) is 4.54. The third kappa shape index (κ3) is 2.78. The van der Waals surface area contributed by atoms with Gasteiger partial charge in [0.05, 0.1) is 10.6 Å². The topological polar surface area (TPSA) is 69.6 Å². The maximum atomic E-state index is 11.1. The molecule has 0 fully saturated rings. The number of aliphatic imine (C=N–C) groups is 1. The van der Waals surface area contributed by atoms with E-state index in [4.69, 9.17) is 0 Å². The SMILES string of the molecule is CC1=Nc2ccc3cc(S(=O)(=O)[O-])ccc3c2C1(C)C.[K+]. The Balaban J connectivity index is 0.00000161. The maximum Gasteiger partial charge on any atom is 1.00 e. The number of rotatable bonds is 1. The van der Waals surface area contributed by atoms with E-state index in [1.165, 1.54) is 12.1 Å². The van der Waals surface area contributed by atoms with Crippen molar-refractivity contribution in [2.75, 3.05) is 0 Å². The van der Waals surface area contributed by atoms with E-state index in [2.05, 4.69) is 18.8 Å². The summed E-state index contributed by atoms with van der Waals surface area (Å²) >= 11 is 0. The van der Waals surface area contributed by atoms with Crippen LogP contribution in [0.4, 0.5) is 5.69 Å². The van der Waals surface area contributed by atoms with Gasteiger partial charge in [-0.15, -0.1) is 0 Å². The van der Waals surface area contributed by atoms with Gasteiger partial charge in [-0.1, -0.05) is 26.0 Å². The van der Waals surface area contributed by atoms with Gasteiger partial charge in [-0.25, -0.2) is 8.42 Å². The third-order valence-corrected chi connectivity index (χ3v) is 4.91. The second kappa shape index (κ2) is 5.52. The monoisotopic (exact) mass is 327 g/mol. The molecule has 1 heterocycles. The van der Waals surface area contributed by atoms with Gasteiger partial charge in [0.15, 0.2) is 0 Å². The molecule has 0 saturated heterocycles. The van der Waals surface area contributed by atoms with E-state index in [0.29, 0.717) is 0 Å². The standard InChI is InChI=1S/C15H15NO3S.K/c1-9-15(2,3)14-12-6-5-11(20(17,18)19)8-10(12)4-7-13(14)16-9;/h4-8H,1-3H3,(H,17,18,19);/q;+1/p-1. The summed E-state index contributed by atoms with van der Waals surface area (Å²) in [5.74, 6) is 0. The van der Waals surface area contributed by atoms with E-state index in [1.54, 1.807) is 12.1 Å². The van der Waals surface area contributed by atoms with Crippen LogP contribution < -0.4 is 51.4 Å². The molecule has 0 amide bonds. The number of nitrogens with zero attached hydrogens (tertiary/aromatic N) is 1. The van der Waals surface area contributed by atoms with E-state index in [0.717, 1.165) is 27.7 Å². The van der Waals surface area contributed by atoms with E-state index < -0.39 is 10.1 Å². The Morgan fingerprint density at radius 2 is 1.81 bits per heavy atom. The van der Waals surface area contributed by atoms with Crippen LogP contribution >= 0.6 is 0 Å². The Morgan fingerprint density at radius 3 is 2.43 bits per heavy atom. The third-order valence-electron chi connectivity index (χ3n) is 4.08. The second-order valence-electron chi connectivity index (χ2n) is 5.62. The van der Waals surface area contributed by atoms with Crippen molar-refractivity contribution in [2.45, 2.75) is 31.1 Å². The summed E-state index contributed by atoms with van der Waals surface area (Å²) in [6.07, 6.45) is 0. The molecule has 21 heavy (non-hydrogen) atoms. The van der Waals surface area contributed by atoms with Crippen LogP contribution in [0.25, 0.3) is 10.8 Å². The number of benzene rings is 2. The number of hydrogen-bond acceptors (Lipinski definition) is 4. The zero-order valence-electron chi connectivity index (χ0n) is 12.5. The summed E-state index contributed by atoms with van der Waals surface area (Å²) < 4.78 is 33.3. The maximum absolute atomic E-state index is 11.1. The molecule has 0 bridgehead atoms. The zero-order valence-corrected chi connectivity index (χ0v) is 16.4. The molecule has 1 aliphatic rings. The molecule has 2 aromatic carbocycles. The molecule has 0 spiro atoms. The molecular formula is C15H14KNO3S. The zero-order chi connectivity index (χ0) is 14.7. The molecule has 0 aliphatic carbocycles. The van der Waals surface area contributed by atoms with Crippen LogP contribution in [0.1, 0.15) is 26.3 Å². The Morgan fingerprint density at radius 1 is 1.14 bits per heavy atom. The van der Waals surface area contributed by atoms with Gasteiger partial charge in [0.25, 0.3) is 0 Å². The molecule has 0 atom stereocenters. The fourth-order valence-corrected chi connectivity index (χ4v) is 3.21. The summed E-state index contributed by atoms with van der Waals surface area (Å²) in [5.41, 5.74) is 2.84. The van der Waals surface area contributed by atoms with E-state index in [9.17, 15) is 13.0 Å². The summed E-state index contributed by atoms with van der Waals surface area (Å²) in [4.78, 5) is 4.37. The van der Waals surface area contributed by atoms with Crippen molar-refractivity contribution in [3.63, 3.8) is 0 Å². The van der Waals surface area contributed by atoms with Crippen LogP contribution in [-0.2, 0) is 15.5 Å². The first-order valence-electron chi connectivity index (χ1n) is 6.30. The van der Waals surface area contributed by atoms with Crippen LogP contribution in [0.2, 0.25) is 0 Å². The fourth-order valence-electron chi connectivity index (χ4n) is 2.70. The summed E-state index contributed by atoms with van der Waals surface area (Å²) in [6.45, 7) is 6.17. The first-order valence-corrected chi connectivity index (χ1v) is 7.71. The quantitative estimate of drug-likeness (QED) is 0.552. The summed E-state index contributed by atoms with van der Waals surface area (Å²) in [5, 5.41) is 1.69. The fraction of sp³-hybridized carbons (Fsp3) is 0.267. The second-order valence-corrected chi connectivity index (χ2v) is 7.00. The first kappa shape index (κ1) is 17.3. The van der Waals surface area contributed by atoms with Crippen molar-refractivity contribution >= 4 is 32.3 Å². The van der Waals surface area contributed by atoms with Crippen molar-refractivity contribution < 1.29 is 64.4 Å². The molecule has 2 aromatic rings. The van der Waals surface area contributed by atoms with Gasteiger partial charge in [-0.05, 0) is 41.5 Å². The largest absolute Gasteiger partial charge is 1.00 e. The molecule has 1 aliphatic heterocycles. The van der Waals surface area contributed by atoms with Gasteiger partial charge in [-0.3, -0.25) is 4.99 Å². The van der Waals surface area contributed by atoms with E-state index >= 15 is 0 Å². The molecule has 4 nitrogen and oxygen atoms in total. The molecule has 0 radical (unpaired) electrons. The van der Waals surface area contributed by atoms with Gasteiger partial charge in [0.1, 0.15) is 10.1 Å². The first-order chi connectivity index (χ1) is 9.21. The minimum atomic E-state index is -4.43. The van der Waals surface area contributed by atoms with Gasteiger partial charge in [-0.2, -0.15) is 0 Å². The van der Waals surface area contributed by atoms with Crippen molar-refractivity contribution in [2.24, 2.45) is 4.99 Å². The van der Waals surface area contributed by atoms with Crippen LogP contribution in [0, 0.1) is 0 Å². The summed E-state index contributed by atoms with van der Waals surface area (Å²) in [6, 6.07) is 8.18. The minimum absolute atomic E-state index is 0. The van der Waals surface area contributed by atoms with Crippen molar-refractivity contribution in [1.82, 2.24) is 0 Å². The van der Waals surface area contributed by atoms with Crippen LogP contribution in [0.3, 0.4) is 0 Å². The molecular weight excluding hydrogens is 313 g/mol. The Hall–Kier alpha value is -0.0836. The molecule has 104 valence electrons. The van der Waals surface area contributed by atoms with E-state index in [-0.39, 0.29) is 61.7 Å². The molecule has 0 saturated carbocycles. The molecule has 6 heteroatoms. The normalized spacial score (nSPS) is 16.3. The average Bonchev–Trinajstić information content (AvgIpc) is 2.58. The van der Waals surface area contributed by atoms with Gasteiger partial charge in [0.2, 0.25) is 0 Å².